The number of hydrogen-bond donors (Lipinski definition) is 1. The molecule has 3 aromatic carbocycles. The molecule has 180 valence electrons. The Bertz CT molecular complexity index is 1150. The number of rotatable bonds is 11. The molecule has 0 spiro atoms. The Balaban J connectivity index is 1.44. The monoisotopic (exact) mass is 475 g/mol. The van der Waals surface area contributed by atoms with Crippen molar-refractivity contribution in [2.24, 2.45) is 0 Å². The highest BCUT2D eigenvalue weighted by atomic mass is 16.5. The number of anilines is 1. The summed E-state index contributed by atoms with van der Waals surface area (Å²) in [7, 11) is 0. The van der Waals surface area contributed by atoms with Crippen LogP contribution in [0.1, 0.15) is 33.6 Å². The number of carbonyl (C=O) groups is 3. The van der Waals surface area contributed by atoms with Crippen molar-refractivity contribution in [2.45, 2.75) is 12.8 Å². The van der Waals surface area contributed by atoms with Crippen LogP contribution < -0.4 is 19.9 Å². The zero-order chi connectivity index (χ0) is 25.0. The third kappa shape index (κ3) is 8.04. The summed E-state index contributed by atoms with van der Waals surface area (Å²) in [5.74, 6) is -0.258. The highest BCUT2D eigenvalue weighted by Crippen LogP contribution is 2.19. The van der Waals surface area contributed by atoms with Gasteiger partial charge in [-0.05, 0) is 85.6 Å². The van der Waals surface area contributed by atoms with Gasteiger partial charge in [0.2, 0.25) is 0 Å². The summed E-state index contributed by atoms with van der Waals surface area (Å²) < 4.78 is 21.2. The third-order valence-electron chi connectivity index (χ3n) is 4.70. The van der Waals surface area contributed by atoms with Crippen LogP contribution >= 0.6 is 0 Å². The standard InChI is InChI=1S/C27H25NO7/c1-2-25(29)33-18-4-3-17-32-22-11-5-19(6-12-22)26(30)34-23-13-7-20(8-14-23)27(31)35-24-15-9-21(28)10-16-24/h2,5-16H,1,3-4,17-18,28H2. The van der Waals surface area contributed by atoms with Gasteiger partial charge in [0, 0.05) is 11.8 Å². The highest BCUT2D eigenvalue weighted by Gasteiger charge is 2.12. The largest absolute Gasteiger partial charge is 0.494 e. The maximum absolute atomic E-state index is 12.4. The van der Waals surface area contributed by atoms with Gasteiger partial charge in [0.1, 0.15) is 17.2 Å². The van der Waals surface area contributed by atoms with Gasteiger partial charge in [-0.25, -0.2) is 14.4 Å². The van der Waals surface area contributed by atoms with E-state index in [2.05, 4.69) is 6.58 Å². The first kappa shape index (κ1) is 25.0. The Hall–Kier alpha value is -4.59. The van der Waals surface area contributed by atoms with Crippen LogP contribution in [0.4, 0.5) is 5.69 Å². The first-order valence-corrected chi connectivity index (χ1v) is 10.9. The highest BCUT2D eigenvalue weighted by molar-refractivity contribution is 5.92. The Morgan fingerprint density at radius 2 is 1.14 bits per heavy atom. The average Bonchev–Trinajstić information content (AvgIpc) is 2.88. The van der Waals surface area contributed by atoms with Crippen LogP contribution in [0, 0.1) is 0 Å². The molecule has 0 aliphatic heterocycles. The summed E-state index contributed by atoms with van der Waals surface area (Å²) in [6.45, 7) is 4.09. The van der Waals surface area contributed by atoms with Gasteiger partial charge in [0.25, 0.3) is 0 Å². The topological polar surface area (TPSA) is 114 Å². The second-order valence-electron chi connectivity index (χ2n) is 7.32. The van der Waals surface area contributed by atoms with Crippen LogP contribution in [0.5, 0.6) is 17.2 Å². The van der Waals surface area contributed by atoms with Crippen molar-refractivity contribution in [3.63, 3.8) is 0 Å². The van der Waals surface area contributed by atoms with Gasteiger partial charge in [-0.15, -0.1) is 0 Å². The SMILES string of the molecule is C=CC(=O)OCCCCOc1ccc(C(=O)Oc2ccc(C(=O)Oc3ccc(N)cc3)cc2)cc1. The Labute approximate surface area is 202 Å². The number of unbranched alkanes of at least 4 members (excludes halogenated alkanes) is 1. The molecule has 3 rings (SSSR count). The van der Waals surface area contributed by atoms with Gasteiger partial charge in [-0.2, -0.15) is 0 Å². The quantitative estimate of drug-likeness (QED) is 0.141. The molecular formula is C27H25NO7. The fraction of sp³-hybridized carbons (Fsp3) is 0.148. The first-order chi connectivity index (χ1) is 16.9. The Kier molecular flexibility index (Phi) is 9.01. The molecule has 0 saturated carbocycles. The number of nitrogen functional groups attached to an aromatic ring is 1. The second-order valence-corrected chi connectivity index (χ2v) is 7.32. The first-order valence-electron chi connectivity index (χ1n) is 10.9. The van der Waals surface area contributed by atoms with Crippen LogP contribution in [0.15, 0.2) is 85.5 Å². The van der Waals surface area contributed by atoms with Crippen molar-refractivity contribution in [1.82, 2.24) is 0 Å². The molecular weight excluding hydrogens is 450 g/mol. The summed E-state index contributed by atoms with van der Waals surface area (Å²) in [4.78, 5) is 35.6. The van der Waals surface area contributed by atoms with E-state index in [1.165, 1.54) is 24.3 Å². The van der Waals surface area contributed by atoms with Crippen LogP contribution in [0.3, 0.4) is 0 Å². The molecule has 0 aromatic heterocycles. The number of esters is 3. The van der Waals surface area contributed by atoms with Crippen molar-refractivity contribution >= 4 is 23.6 Å². The molecule has 8 nitrogen and oxygen atoms in total. The van der Waals surface area contributed by atoms with Crippen LogP contribution in [-0.2, 0) is 9.53 Å². The van der Waals surface area contributed by atoms with E-state index in [0.29, 0.717) is 54.4 Å². The summed E-state index contributed by atoms with van der Waals surface area (Å²) in [5, 5.41) is 0. The summed E-state index contributed by atoms with van der Waals surface area (Å²) in [5.41, 5.74) is 6.84. The maximum Gasteiger partial charge on any atom is 0.343 e. The number of hydrogen-bond acceptors (Lipinski definition) is 8. The van der Waals surface area contributed by atoms with E-state index in [1.54, 1.807) is 48.5 Å². The van der Waals surface area contributed by atoms with E-state index in [4.69, 9.17) is 24.7 Å². The molecule has 3 aromatic rings. The van der Waals surface area contributed by atoms with E-state index < -0.39 is 17.9 Å². The van der Waals surface area contributed by atoms with E-state index in [1.807, 2.05) is 0 Å². The molecule has 0 bridgehead atoms. The molecule has 35 heavy (non-hydrogen) atoms. The lowest BCUT2D eigenvalue weighted by atomic mass is 10.2. The lowest BCUT2D eigenvalue weighted by molar-refractivity contribution is -0.137. The van der Waals surface area contributed by atoms with E-state index in [0.717, 1.165) is 6.08 Å². The lowest BCUT2D eigenvalue weighted by Crippen LogP contribution is -2.10. The van der Waals surface area contributed by atoms with Gasteiger partial charge < -0.3 is 24.7 Å². The molecule has 8 heteroatoms. The molecule has 0 aliphatic rings. The number of ether oxygens (including phenoxy) is 4. The number of carbonyl (C=O) groups excluding carboxylic acids is 3. The average molecular weight is 475 g/mol. The van der Waals surface area contributed by atoms with Gasteiger partial charge in [-0.1, -0.05) is 6.58 Å². The van der Waals surface area contributed by atoms with Gasteiger partial charge in [-0.3, -0.25) is 0 Å². The number of nitrogens with two attached hydrogens (primary N) is 1. The molecule has 0 saturated heterocycles. The molecule has 0 unspecified atom stereocenters. The molecule has 0 heterocycles. The van der Waals surface area contributed by atoms with Crippen LogP contribution in [0.25, 0.3) is 0 Å². The molecule has 2 N–H and O–H groups in total. The lowest BCUT2D eigenvalue weighted by Gasteiger charge is -2.08. The van der Waals surface area contributed by atoms with E-state index in [-0.39, 0.29) is 5.75 Å². The zero-order valence-electron chi connectivity index (χ0n) is 19.0. The molecule has 0 fully saturated rings. The van der Waals surface area contributed by atoms with Gasteiger partial charge in [0.05, 0.1) is 24.3 Å². The fourth-order valence-electron chi connectivity index (χ4n) is 2.84. The number of benzene rings is 3. The third-order valence-corrected chi connectivity index (χ3v) is 4.70. The minimum atomic E-state index is -0.544. The summed E-state index contributed by atoms with van der Waals surface area (Å²) in [6.07, 6.45) is 2.50. The predicted octanol–water partition coefficient (Wildman–Crippen LogP) is 4.60. The van der Waals surface area contributed by atoms with Crippen molar-refractivity contribution < 1.29 is 33.3 Å². The van der Waals surface area contributed by atoms with E-state index >= 15 is 0 Å². The van der Waals surface area contributed by atoms with Crippen molar-refractivity contribution in [2.75, 3.05) is 18.9 Å². The molecule has 0 amide bonds. The predicted molar refractivity (Wildman–Crippen MR) is 130 cm³/mol. The minimum Gasteiger partial charge on any atom is -0.494 e. The smallest absolute Gasteiger partial charge is 0.343 e. The minimum absolute atomic E-state index is 0.288. The Morgan fingerprint density at radius 1 is 0.686 bits per heavy atom. The normalized spacial score (nSPS) is 10.2. The summed E-state index contributed by atoms with van der Waals surface area (Å²) in [6, 6.07) is 19.1. The Morgan fingerprint density at radius 3 is 1.66 bits per heavy atom. The maximum atomic E-state index is 12.4. The van der Waals surface area contributed by atoms with Gasteiger partial charge in [0.15, 0.2) is 0 Å². The van der Waals surface area contributed by atoms with Crippen LogP contribution in [0.2, 0.25) is 0 Å². The second kappa shape index (κ2) is 12.6. The van der Waals surface area contributed by atoms with Crippen molar-refractivity contribution in [3.05, 3.63) is 96.6 Å². The van der Waals surface area contributed by atoms with E-state index in [9.17, 15) is 14.4 Å². The summed E-state index contributed by atoms with van der Waals surface area (Å²) >= 11 is 0. The van der Waals surface area contributed by atoms with Gasteiger partial charge >= 0.3 is 17.9 Å². The zero-order valence-corrected chi connectivity index (χ0v) is 19.0. The van der Waals surface area contributed by atoms with Crippen LogP contribution in [-0.4, -0.2) is 31.1 Å². The molecule has 0 radical (unpaired) electrons. The fourth-order valence-corrected chi connectivity index (χ4v) is 2.84. The molecule has 0 aliphatic carbocycles. The van der Waals surface area contributed by atoms with Crippen molar-refractivity contribution in [3.8, 4) is 17.2 Å². The van der Waals surface area contributed by atoms with Crippen molar-refractivity contribution in [1.29, 1.82) is 0 Å². The molecule has 0 atom stereocenters.